The lowest BCUT2D eigenvalue weighted by molar-refractivity contribution is -0.384. The number of imide groups is 2. The highest BCUT2D eigenvalue weighted by Gasteiger charge is 2.68. The topological polar surface area (TPSA) is 165 Å². The molecule has 1 saturated carbocycles. The molecule has 2 aliphatic carbocycles. The smallest absolute Gasteiger partial charge is 0.269 e. The number of aromatic hydroxyl groups is 1. The number of rotatable bonds is 6. The number of benzene rings is 3. The third-order valence-electron chi connectivity index (χ3n) is 12.4. The van der Waals surface area contributed by atoms with E-state index in [0.717, 1.165) is 25.4 Å². The summed E-state index contributed by atoms with van der Waals surface area (Å²) >= 11 is 7.84. The van der Waals surface area contributed by atoms with E-state index in [1.165, 1.54) is 58.4 Å². The maximum atomic E-state index is 15.2. The number of hydrogen-bond donors (Lipinski definition) is 1. The van der Waals surface area contributed by atoms with Crippen molar-refractivity contribution in [2.45, 2.75) is 32.6 Å². The summed E-state index contributed by atoms with van der Waals surface area (Å²) in [7, 11) is 3.13. The molecule has 6 unspecified atom stereocenters. The fourth-order valence-electron chi connectivity index (χ4n) is 9.74. The van der Waals surface area contributed by atoms with Crippen molar-refractivity contribution in [2.24, 2.45) is 36.1 Å². The first-order valence-corrected chi connectivity index (χ1v) is 19.2. The van der Waals surface area contributed by atoms with Gasteiger partial charge in [0.2, 0.25) is 23.6 Å². The summed E-state index contributed by atoms with van der Waals surface area (Å²) in [5.41, 5.74) is 1.11. The van der Waals surface area contributed by atoms with Crippen molar-refractivity contribution in [1.82, 2.24) is 9.78 Å². The van der Waals surface area contributed by atoms with Gasteiger partial charge in [-0.3, -0.25) is 38.9 Å². The van der Waals surface area contributed by atoms with Crippen molar-refractivity contribution in [3.05, 3.63) is 105 Å². The first-order chi connectivity index (χ1) is 26.8. The highest BCUT2D eigenvalue weighted by atomic mass is 35.5. The first kappa shape index (κ1) is 35.8. The maximum absolute atomic E-state index is 15.2. The van der Waals surface area contributed by atoms with Gasteiger partial charge in [-0.1, -0.05) is 29.3 Å². The van der Waals surface area contributed by atoms with Crippen LogP contribution in [0.25, 0.3) is 20.7 Å². The number of aryl methyl sites for hydroxylation is 2. The normalized spacial score (nSPS) is 25.7. The number of allylic oxidation sites excluding steroid dienone is 2. The third-order valence-corrected chi connectivity index (χ3v) is 13.9. The maximum Gasteiger partial charge on any atom is 0.269 e. The van der Waals surface area contributed by atoms with Crippen molar-refractivity contribution in [3.8, 4) is 22.1 Å². The zero-order valence-corrected chi connectivity index (χ0v) is 32.1. The van der Waals surface area contributed by atoms with Crippen molar-refractivity contribution in [2.75, 3.05) is 16.9 Å². The standard InChI is InChI=1S/C41H34ClN5O8S/c1-19-25-16-20(42)8-15-31(25)56-36(19)28-18-32(44(3)43-28)46-38(50)27-17-26-23(35(41(27,2)40(46)52)34-29(48)6-5-7-30(34)55-4)13-14-24-33(26)39(51)45(37(24)49)21-9-11-22(12-10-21)47(53)54/h5-13,15-16,18,24,26-27,33,35,48H,14,17H2,1-4H3. The lowest BCUT2D eigenvalue weighted by Gasteiger charge is -2.49. The summed E-state index contributed by atoms with van der Waals surface area (Å²) in [6, 6.07) is 17.4. The Morgan fingerprint density at radius 2 is 1.75 bits per heavy atom. The van der Waals surface area contributed by atoms with Crippen LogP contribution in [-0.2, 0) is 26.2 Å². The zero-order valence-electron chi connectivity index (χ0n) is 30.6. The number of nitrogens with zero attached hydrogens (tertiary/aromatic N) is 5. The van der Waals surface area contributed by atoms with Gasteiger partial charge in [0.15, 0.2) is 0 Å². The quantitative estimate of drug-likeness (QED) is 0.0803. The van der Waals surface area contributed by atoms with Crippen LogP contribution in [0.2, 0.25) is 5.02 Å². The van der Waals surface area contributed by atoms with Gasteiger partial charge in [0.25, 0.3) is 5.69 Å². The van der Waals surface area contributed by atoms with E-state index in [1.54, 1.807) is 32.2 Å². The molecule has 0 spiro atoms. The molecule has 3 aromatic carbocycles. The number of anilines is 2. The number of fused-ring (bicyclic) bond motifs is 5. The zero-order chi connectivity index (χ0) is 39.5. The number of nitro groups is 1. The Labute approximate surface area is 328 Å². The number of aromatic nitrogens is 2. The number of nitro benzene ring substituents is 1. The van der Waals surface area contributed by atoms with E-state index in [4.69, 9.17) is 21.4 Å². The predicted molar refractivity (Wildman–Crippen MR) is 209 cm³/mol. The van der Waals surface area contributed by atoms with E-state index in [2.05, 4.69) is 0 Å². The Kier molecular flexibility index (Phi) is 8.05. The lowest BCUT2D eigenvalue weighted by Crippen LogP contribution is -2.49. The minimum Gasteiger partial charge on any atom is -0.508 e. The summed E-state index contributed by atoms with van der Waals surface area (Å²) < 4.78 is 8.30. The fraction of sp³-hybridized carbons (Fsp3) is 0.293. The molecule has 9 rings (SSSR count). The van der Waals surface area contributed by atoms with E-state index < -0.39 is 63.6 Å². The molecule has 0 radical (unpaired) electrons. The molecule has 3 fully saturated rings. The van der Waals surface area contributed by atoms with Gasteiger partial charge >= 0.3 is 0 Å². The minimum absolute atomic E-state index is 0.0883. The molecule has 4 aliphatic rings. The predicted octanol–water partition coefficient (Wildman–Crippen LogP) is 7.32. The van der Waals surface area contributed by atoms with Gasteiger partial charge in [-0.05, 0) is 86.0 Å². The molecule has 6 atom stereocenters. The van der Waals surface area contributed by atoms with E-state index in [-0.39, 0.29) is 35.8 Å². The van der Waals surface area contributed by atoms with Crippen LogP contribution < -0.4 is 14.5 Å². The summed E-state index contributed by atoms with van der Waals surface area (Å²) in [5, 5.41) is 29.2. The van der Waals surface area contributed by atoms with Gasteiger partial charge in [-0.15, -0.1) is 11.3 Å². The number of thiophene rings is 1. The molecule has 5 aromatic rings. The van der Waals surface area contributed by atoms with E-state index in [9.17, 15) is 29.6 Å². The SMILES string of the molecule is COc1cccc(O)c1C1C2=CCC3C(=O)N(c4ccc([N+](=O)[O-])cc4)C(=O)C3C2CC2C(=O)N(c3cc(-c4sc5ccc(Cl)cc5c4C)nn3C)C(=O)C21C. The number of ether oxygens (including phenoxy) is 1. The van der Waals surface area contributed by atoms with Crippen LogP contribution in [0.15, 0.2) is 78.4 Å². The number of amides is 4. The van der Waals surface area contributed by atoms with Gasteiger partial charge < -0.3 is 9.84 Å². The number of phenols is 1. The molecule has 284 valence electrons. The number of phenolic OH excluding ortho intramolecular Hbond substituents is 1. The molecule has 2 aromatic heterocycles. The third kappa shape index (κ3) is 4.87. The Morgan fingerprint density at radius 3 is 2.46 bits per heavy atom. The Balaban J connectivity index is 1.16. The number of non-ortho nitro benzene ring substituents is 1. The molecule has 56 heavy (non-hydrogen) atoms. The molecule has 4 heterocycles. The van der Waals surface area contributed by atoms with Crippen LogP contribution in [-0.4, -0.2) is 50.5 Å². The van der Waals surface area contributed by atoms with Gasteiger partial charge in [0.05, 0.1) is 45.8 Å². The molecule has 0 bridgehead atoms. The average Bonchev–Trinajstić information content (AvgIpc) is 3.85. The van der Waals surface area contributed by atoms with Gasteiger partial charge in [0.1, 0.15) is 23.0 Å². The monoisotopic (exact) mass is 791 g/mol. The van der Waals surface area contributed by atoms with Crippen LogP contribution in [0.1, 0.15) is 36.8 Å². The number of hydrogen-bond acceptors (Lipinski definition) is 10. The van der Waals surface area contributed by atoms with Gasteiger partial charge in [-0.2, -0.15) is 5.10 Å². The fourth-order valence-corrected chi connectivity index (χ4v) is 11.1. The Morgan fingerprint density at radius 1 is 1.00 bits per heavy atom. The van der Waals surface area contributed by atoms with Crippen LogP contribution in [0.5, 0.6) is 11.5 Å². The van der Waals surface area contributed by atoms with Crippen LogP contribution in [0.3, 0.4) is 0 Å². The van der Waals surface area contributed by atoms with E-state index >= 15 is 4.79 Å². The summed E-state index contributed by atoms with van der Waals surface area (Å²) in [6.45, 7) is 3.71. The molecule has 13 nitrogen and oxygen atoms in total. The van der Waals surface area contributed by atoms with Gasteiger partial charge in [-0.25, -0.2) is 4.90 Å². The lowest BCUT2D eigenvalue weighted by atomic mass is 9.51. The number of carbonyl (C=O) groups excluding carboxylic acids is 4. The second-order valence-electron chi connectivity index (χ2n) is 15.0. The summed E-state index contributed by atoms with van der Waals surface area (Å²) in [5.74, 6) is -5.62. The van der Waals surface area contributed by atoms with Crippen molar-refractivity contribution in [1.29, 1.82) is 0 Å². The molecular formula is C41H34ClN5O8S. The summed E-state index contributed by atoms with van der Waals surface area (Å²) in [4.78, 5) is 72.4. The average molecular weight is 792 g/mol. The molecule has 15 heteroatoms. The highest BCUT2D eigenvalue weighted by Crippen LogP contribution is 2.65. The van der Waals surface area contributed by atoms with E-state index in [0.29, 0.717) is 27.6 Å². The van der Waals surface area contributed by atoms with Crippen LogP contribution in [0.4, 0.5) is 17.2 Å². The number of methoxy groups -OCH3 is 1. The second kappa shape index (κ2) is 12.6. The van der Waals surface area contributed by atoms with E-state index in [1.807, 2.05) is 31.2 Å². The van der Waals surface area contributed by atoms with Crippen LogP contribution >= 0.6 is 22.9 Å². The largest absolute Gasteiger partial charge is 0.508 e. The molecule has 2 aliphatic heterocycles. The highest BCUT2D eigenvalue weighted by molar-refractivity contribution is 7.22. The first-order valence-electron chi connectivity index (χ1n) is 18.1. The summed E-state index contributed by atoms with van der Waals surface area (Å²) in [6.07, 6.45) is 2.15. The second-order valence-corrected chi connectivity index (χ2v) is 16.5. The number of carbonyl (C=O) groups is 4. The molecule has 1 N–H and O–H groups in total. The Bertz CT molecular complexity index is 2620. The molecule has 4 amide bonds. The number of halogens is 1. The Hall–Kier alpha value is -5.86. The van der Waals surface area contributed by atoms with Gasteiger partial charge in [0, 0.05) is 46.5 Å². The minimum atomic E-state index is -1.45. The van der Waals surface area contributed by atoms with Crippen molar-refractivity contribution >= 4 is 73.8 Å². The molecule has 2 saturated heterocycles. The van der Waals surface area contributed by atoms with Crippen molar-refractivity contribution < 1.29 is 33.9 Å². The molecular weight excluding hydrogens is 758 g/mol. The van der Waals surface area contributed by atoms with Crippen molar-refractivity contribution in [3.63, 3.8) is 0 Å². The van der Waals surface area contributed by atoms with Crippen LogP contribution in [0, 0.1) is 46.1 Å².